The maximum Gasteiger partial charge on any atom is 0.355 e. The van der Waals surface area contributed by atoms with Crippen molar-refractivity contribution in [1.82, 2.24) is 4.98 Å². The van der Waals surface area contributed by atoms with Crippen LogP contribution in [0.3, 0.4) is 0 Å². The van der Waals surface area contributed by atoms with E-state index in [1.165, 1.54) is 12.1 Å². The lowest BCUT2D eigenvalue weighted by Crippen LogP contribution is -2.05. The van der Waals surface area contributed by atoms with Crippen LogP contribution in [0.4, 0.5) is 0 Å². The first-order valence-corrected chi connectivity index (χ1v) is 7.51. The molecule has 6 heteroatoms. The van der Waals surface area contributed by atoms with Crippen molar-refractivity contribution in [2.24, 2.45) is 0 Å². The summed E-state index contributed by atoms with van der Waals surface area (Å²) in [6, 6.07) is 16.5. The number of benzene rings is 2. The molecule has 6 nitrogen and oxygen atoms in total. The van der Waals surface area contributed by atoms with Crippen molar-refractivity contribution in [2.45, 2.75) is 6.61 Å². The Hall–Kier alpha value is -3.54. The smallest absolute Gasteiger partial charge is 0.355 e. The van der Waals surface area contributed by atoms with Crippen molar-refractivity contribution in [1.29, 1.82) is 0 Å². The molecule has 25 heavy (non-hydrogen) atoms. The number of phenolic OH excluding ortho intramolecular Hbond substituents is 1. The molecular weight excluding hydrogens is 322 g/mol. The molecule has 0 saturated heterocycles. The molecule has 0 aliphatic rings. The average molecular weight is 337 g/mol. The van der Waals surface area contributed by atoms with Crippen LogP contribution in [0, 0.1) is 0 Å². The summed E-state index contributed by atoms with van der Waals surface area (Å²) in [6.45, 7) is 0.156. The number of aromatic nitrogens is 1. The molecule has 0 radical (unpaired) electrons. The maximum atomic E-state index is 12.1. The minimum absolute atomic E-state index is 0.0437. The molecule has 0 fully saturated rings. The number of rotatable bonds is 5. The van der Waals surface area contributed by atoms with Gasteiger partial charge in [-0.15, -0.1) is 0 Å². The van der Waals surface area contributed by atoms with Crippen molar-refractivity contribution in [3.05, 3.63) is 77.5 Å². The fraction of sp³-hybridized carbons (Fsp3) is 0.0526. The van der Waals surface area contributed by atoms with Gasteiger partial charge in [-0.2, -0.15) is 0 Å². The minimum atomic E-state index is -1.15. The SMILES string of the molecule is O=C(O)c1cc(O)cc(-c2ccc(C(=O)OCc3ccccc3)[nH]2)c1. The van der Waals surface area contributed by atoms with Crippen LogP contribution in [0.2, 0.25) is 0 Å². The quantitative estimate of drug-likeness (QED) is 0.619. The van der Waals surface area contributed by atoms with E-state index in [0.29, 0.717) is 11.3 Å². The van der Waals surface area contributed by atoms with E-state index in [9.17, 15) is 14.7 Å². The lowest BCUT2D eigenvalue weighted by Gasteiger charge is -2.04. The number of aromatic carboxylic acids is 1. The molecule has 1 aromatic heterocycles. The van der Waals surface area contributed by atoms with Crippen LogP contribution in [0.25, 0.3) is 11.3 Å². The van der Waals surface area contributed by atoms with Gasteiger partial charge in [0.25, 0.3) is 0 Å². The van der Waals surface area contributed by atoms with Gasteiger partial charge in [0.1, 0.15) is 18.1 Å². The second-order valence-electron chi connectivity index (χ2n) is 5.42. The molecule has 0 spiro atoms. The lowest BCUT2D eigenvalue weighted by atomic mass is 10.1. The highest BCUT2D eigenvalue weighted by Gasteiger charge is 2.13. The predicted octanol–water partition coefficient (Wildman–Crippen LogP) is 3.44. The Morgan fingerprint density at radius 2 is 1.76 bits per heavy atom. The molecular formula is C19H15NO5. The number of nitrogens with one attached hydrogen (secondary N) is 1. The summed E-state index contributed by atoms with van der Waals surface area (Å²) in [5, 5.41) is 18.7. The van der Waals surface area contributed by atoms with Crippen LogP contribution in [0.15, 0.2) is 60.7 Å². The maximum absolute atomic E-state index is 12.1. The van der Waals surface area contributed by atoms with Gasteiger partial charge in [-0.05, 0) is 35.9 Å². The molecule has 0 amide bonds. The molecule has 1 heterocycles. The zero-order valence-electron chi connectivity index (χ0n) is 13.1. The van der Waals surface area contributed by atoms with E-state index in [-0.39, 0.29) is 23.6 Å². The van der Waals surface area contributed by atoms with Gasteiger partial charge in [0.15, 0.2) is 0 Å². The number of phenols is 1. The van der Waals surface area contributed by atoms with E-state index < -0.39 is 11.9 Å². The largest absolute Gasteiger partial charge is 0.508 e. The molecule has 0 unspecified atom stereocenters. The number of carbonyl (C=O) groups is 2. The Labute approximate surface area is 143 Å². The third kappa shape index (κ3) is 3.87. The van der Waals surface area contributed by atoms with Crippen molar-refractivity contribution < 1.29 is 24.5 Å². The number of ether oxygens (including phenoxy) is 1. The lowest BCUT2D eigenvalue weighted by molar-refractivity contribution is 0.0466. The van der Waals surface area contributed by atoms with Gasteiger partial charge in [0, 0.05) is 11.3 Å². The molecule has 0 atom stereocenters. The standard InChI is InChI=1S/C19H15NO5/c21-15-9-13(8-14(10-15)18(22)23)16-6-7-17(20-16)19(24)25-11-12-4-2-1-3-5-12/h1-10,20-21H,11H2,(H,22,23). The molecule has 0 saturated carbocycles. The van der Waals surface area contributed by atoms with Gasteiger partial charge >= 0.3 is 11.9 Å². The highest BCUT2D eigenvalue weighted by atomic mass is 16.5. The number of hydrogen-bond acceptors (Lipinski definition) is 4. The number of carbonyl (C=O) groups excluding carboxylic acids is 1. The van der Waals surface area contributed by atoms with Crippen LogP contribution in [0.1, 0.15) is 26.4 Å². The molecule has 3 rings (SSSR count). The average Bonchev–Trinajstić information content (AvgIpc) is 3.10. The summed E-state index contributed by atoms with van der Waals surface area (Å²) >= 11 is 0. The van der Waals surface area contributed by atoms with Crippen molar-refractivity contribution in [2.75, 3.05) is 0 Å². The summed E-state index contributed by atoms with van der Waals surface area (Å²) in [5.41, 5.74) is 2.04. The van der Waals surface area contributed by atoms with E-state index >= 15 is 0 Å². The van der Waals surface area contributed by atoms with Crippen molar-refractivity contribution >= 4 is 11.9 Å². The van der Waals surface area contributed by atoms with Crippen LogP contribution in [-0.2, 0) is 11.3 Å². The summed E-state index contributed by atoms with van der Waals surface area (Å²) in [5.74, 6) is -1.84. The van der Waals surface area contributed by atoms with Gasteiger partial charge in [0.05, 0.1) is 5.56 Å². The van der Waals surface area contributed by atoms with Crippen LogP contribution in [0.5, 0.6) is 5.75 Å². The summed E-state index contributed by atoms with van der Waals surface area (Å²) in [6.07, 6.45) is 0. The summed E-state index contributed by atoms with van der Waals surface area (Å²) in [7, 11) is 0. The fourth-order valence-electron chi connectivity index (χ4n) is 2.37. The monoisotopic (exact) mass is 337 g/mol. The number of esters is 1. The minimum Gasteiger partial charge on any atom is -0.508 e. The highest BCUT2D eigenvalue weighted by molar-refractivity contribution is 5.91. The Balaban J connectivity index is 1.76. The van der Waals surface area contributed by atoms with Crippen molar-refractivity contribution in [3.8, 4) is 17.0 Å². The molecule has 0 bridgehead atoms. The fourth-order valence-corrected chi connectivity index (χ4v) is 2.37. The number of carboxylic acid groups (broad SMARTS) is 1. The second kappa shape index (κ2) is 6.92. The molecule has 0 aliphatic carbocycles. The number of aromatic hydroxyl groups is 1. The van der Waals surface area contributed by atoms with Gasteiger partial charge in [-0.1, -0.05) is 30.3 Å². The first-order valence-electron chi connectivity index (χ1n) is 7.51. The van der Waals surface area contributed by atoms with Crippen molar-refractivity contribution in [3.63, 3.8) is 0 Å². The van der Waals surface area contributed by atoms with Gasteiger partial charge < -0.3 is 19.9 Å². The van der Waals surface area contributed by atoms with Gasteiger partial charge in [-0.25, -0.2) is 9.59 Å². The zero-order valence-corrected chi connectivity index (χ0v) is 13.1. The Bertz CT molecular complexity index is 915. The second-order valence-corrected chi connectivity index (χ2v) is 5.42. The van der Waals surface area contributed by atoms with E-state index in [2.05, 4.69) is 4.98 Å². The van der Waals surface area contributed by atoms with E-state index in [0.717, 1.165) is 11.6 Å². The highest BCUT2D eigenvalue weighted by Crippen LogP contribution is 2.25. The number of aromatic amines is 1. The summed E-state index contributed by atoms with van der Waals surface area (Å²) < 4.78 is 5.24. The first kappa shape index (κ1) is 16.3. The molecule has 126 valence electrons. The number of H-pyrrole nitrogens is 1. The third-order valence-corrected chi connectivity index (χ3v) is 3.59. The van der Waals surface area contributed by atoms with Gasteiger partial charge in [0.2, 0.25) is 0 Å². The first-order chi connectivity index (χ1) is 12.0. The van der Waals surface area contributed by atoms with E-state index in [1.807, 2.05) is 30.3 Å². The predicted molar refractivity (Wildman–Crippen MR) is 90.4 cm³/mol. The molecule has 2 aromatic carbocycles. The van der Waals surface area contributed by atoms with Crippen LogP contribution >= 0.6 is 0 Å². The van der Waals surface area contributed by atoms with Gasteiger partial charge in [-0.3, -0.25) is 0 Å². The topological polar surface area (TPSA) is 99.6 Å². The van der Waals surface area contributed by atoms with Crippen LogP contribution in [-0.4, -0.2) is 27.1 Å². The van der Waals surface area contributed by atoms with Crippen LogP contribution < -0.4 is 0 Å². The molecule has 3 aromatic rings. The zero-order chi connectivity index (χ0) is 17.8. The van der Waals surface area contributed by atoms with E-state index in [4.69, 9.17) is 9.84 Å². The summed E-state index contributed by atoms with van der Waals surface area (Å²) in [4.78, 5) is 26.1. The molecule has 3 N–H and O–H groups in total. The normalized spacial score (nSPS) is 10.4. The Morgan fingerprint density at radius 3 is 2.48 bits per heavy atom. The number of carboxylic acids is 1. The Morgan fingerprint density at radius 1 is 1.00 bits per heavy atom. The molecule has 0 aliphatic heterocycles. The Kier molecular flexibility index (Phi) is 4.52. The number of hydrogen-bond donors (Lipinski definition) is 3. The van der Waals surface area contributed by atoms with E-state index in [1.54, 1.807) is 12.1 Å². The third-order valence-electron chi connectivity index (χ3n) is 3.59.